The van der Waals surface area contributed by atoms with E-state index < -0.39 is 0 Å². The lowest BCUT2D eigenvalue weighted by molar-refractivity contribution is -0.104. The van der Waals surface area contributed by atoms with Crippen molar-refractivity contribution in [3.63, 3.8) is 0 Å². The fraction of sp³-hybridized carbons (Fsp3) is 0.765. The maximum absolute atomic E-state index is 8.98. The molecular weight excluding hydrogens is 294 g/mol. The molecule has 0 aromatic carbocycles. The molecule has 23 heavy (non-hydrogen) atoms. The fourth-order valence-electron chi connectivity index (χ4n) is 4.05. The minimum absolute atomic E-state index is 0.0510. The number of aliphatic hydroxyl groups is 1. The Morgan fingerprint density at radius 2 is 2.13 bits per heavy atom. The standard InChI is InChI=1S/C17H27N3O3/c1-13-18-10-14(11-19-13)12-20-6-5-17(22-2)4-3-15(9-16(17)20)23-8-7-21/h10-11,15-16,21H,3-9,12H2,1-2H3/t15?,16?,17-/m1/s1. The number of methoxy groups -OCH3 is 1. The van der Waals surface area contributed by atoms with E-state index >= 15 is 0 Å². The molecule has 6 nitrogen and oxygen atoms in total. The van der Waals surface area contributed by atoms with Crippen molar-refractivity contribution in [2.45, 2.75) is 56.9 Å². The van der Waals surface area contributed by atoms with Crippen LogP contribution < -0.4 is 0 Å². The largest absolute Gasteiger partial charge is 0.394 e. The van der Waals surface area contributed by atoms with E-state index in [-0.39, 0.29) is 18.3 Å². The molecule has 1 aliphatic heterocycles. The normalized spacial score (nSPS) is 31.3. The Bertz CT molecular complexity index is 510. The second-order valence-electron chi connectivity index (χ2n) is 6.63. The summed E-state index contributed by atoms with van der Waals surface area (Å²) in [7, 11) is 1.83. The van der Waals surface area contributed by atoms with Crippen LogP contribution in [0.2, 0.25) is 0 Å². The highest BCUT2D eigenvalue weighted by molar-refractivity contribution is 5.10. The number of rotatable bonds is 6. The third-order valence-corrected chi connectivity index (χ3v) is 5.32. The molecule has 1 aromatic heterocycles. The summed E-state index contributed by atoms with van der Waals surface area (Å²) >= 11 is 0. The average molecular weight is 321 g/mol. The van der Waals surface area contributed by atoms with Gasteiger partial charge in [-0.2, -0.15) is 0 Å². The summed E-state index contributed by atoms with van der Waals surface area (Å²) in [5.41, 5.74) is 1.09. The van der Waals surface area contributed by atoms with E-state index in [0.717, 1.165) is 50.2 Å². The van der Waals surface area contributed by atoms with Gasteiger partial charge in [-0.25, -0.2) is 9.97 Å². The van der Waals surface area contributed by atoms with Gasteiger partial charge >= 0.3 is 0 Å². The number of fused-ring (bicyclic) bond motifs is 1. The summed E-state index contributed by atoms with van der Waals surface area (Å²) in [5.74, 6) is 0.802. The van der Waals surface area contributed by atoms with Crippen molar-refractivity contribution >= 4 is 0 Å². The second kappa shape index (κ2) is 7.21. The molecule has 2 unspecified atom stereocenters. The summed E-state index contributed by atoms with van der Waals surface area (Å²) in [6, 6.07) is 0.353. The van der Waals surface area contributed by atoms with Gasteiger partial charge in [-0.1, -0.05) is 0 Å². The lowest BCUT2D eigenvalue weighted by Gasteiger charge is -2.43. The molecule has 0 amide bonds. The first-order chi connectivity index (χ1) is 11.2. The van der Waals surface area contributed by atoms with Gasteiger partial charge in [-0.05, 0) is 32.6 Å². The zero-order chi connectivity index (χ0) is 16.3. The molecule has 1 saturated carbocycles. The zero-order valence-electron chi connectivity index (χ0n) is 14.1. The Hall–Kier alpha value is -1.08. The van der Waals surface area contributed by atoms with Crippen LogP contribution in [0.15, 0.2) is 12.4 Å². The van der Waals surface area contributed by atoms with Crippen LogP contribution in [-0.2, 0) is 16.0 Å². The van der Waals surface area contributed by atoms with Crippen LogP contribution in [0.25, 0.3) is 0 Å². The minimum atomic E-state index is -0.0510. The maximum Gasteiger partial charge on any atom is 0.125 e. The van der Waals surface area contributed by atoms with E-state index in [2.05, 4.69) is 14.9 Å². The van der Waals surface area contributed by atoms with Gasteiger partial charge in [0.1, 0.15) is 5.82 Å². The molecule has 2 heterocycles. The SMILES string of the molecule is CO[C@@]12CCC(OCCO)CC1N(Cc1cnc(C)nc1)CC2. The van der Waals surface area contributed by atoms with Crippen LogP contribution in [0.4, 0.5) is 0 Å². The first-order valence-electron chi connectivity index (χ1n) is 8.46. The van der Waals surface area contributed by atoms with Gasteiger partial charge in [0.15, 0.2) is 0 Å². The number of likely N-dealkylation sites (tertiary alicyclic amines) is 1. The topological polar surface area (TPSA) is 67.7 Å². The van der Waals surface area contributed by atoms with Crippen molar-refractivity contribution in [3.8, 4) is 0 Å². The van der Waals surface area contributed by atoms with Gasteiger partial charge in [0.2, 0.25) is 0 Å². The molecule has 128 valence electrons. The Labute approximate surface area is 137 Å². The highest BCUT2D eigenvalue weighted by atomic mass is 16.5. The van der Waals surface area contributed by atoms with Gasteiger partial charge in [-0.15, -0.1) is 0 Å². The van der Waals surface area contributed by atoms with Gasteiger partial charge in [0, 0.05) is 44.2 Å². The molecule has 0 radical (unpaired) electrons. The van der Waals surface area contributed by atoms with Crippen molar-refractivity contribution in [2.75, 3.05) is 26.9 Å². The van der Waals surface area contributed by atoms with Crippen molar-refractivity contribution in [2.24, 2.45) is 0 Å². The maximum atomic E-state index is 8.98. The van der Waals surface area contributed by atoms with E-state index in [9.17, 15) is 0 Å². The van der Waals surface area contributed by atoms with Gasteiger partial charge < -0.3 is 14.6 Å². The van der Waals surface area contributed by atoms with Gasteiger partial charge in [0.05, 0.1) is 24.9 Å². The number of ether oxygens (including phenoxy) is 2. The number of aliphatic hydroxyl groups excluding tert-OH is 1. The number of hydrogen-bond donors (Lipinski definition) is 1. The third-order valence-electron chi connectivity index (χ3n) is 5.32. The predicted molar refractivity (Wildman–Crippen MR) is 86.0 cm³/mol. The monoisotopic (exact) mass is 321 g/mol. The van der Waals surface area contributed by atoms with Gasteiger partial charge in [0.25, 0.3) is 0 Å². The van der Waals surface area contributed by atoms with Crippen LogP contribution in [0, 0.1) is 6.92 Å². The molecule has 6 heteroatoms. The molecule has 1 aliphatic carbocycles. The number of hydrogen-bond acceptors (Lipinski definition) is 6. The van der Waals surface area contributed by atoms with E-state index in [4.69, 9.17) is 14.6 Å². The van der Waals surface area contributed by atoms with Crippen molar-refractivity contribution in [1.82, 2.24) is 14.9 Å². The molecule has 3 rings (SSSR count). The number of aryl methyl sites for hydroxylation is 1. The predicted octanol–water partition coefficient (Wildman–Crippen LogP) is 1.31. The van der Waals surface area contributed by atoms with E-state index in [1.54, 1.807) is 0 Å². The first-order valence-corrected chi connectivity index (χ1v) is 8.46. The Kier molecular flexibility index (Phi) is 5.26. The van der Waals surface area contributed by atoms with Crippen LogP contribution in [-0.4, -0.2) is 64.6 Å². The lowest BCUT2D eigenvalue weighted by atomic mass is 9.79. The van der Waals surface area contributed by atoms with Crippen LogP contribution in [0.3, 0.4) is 0 Å². The minimum Gasteiger partial charge on any atom is -0.394 e. The van der Waals surface area contributed by atoms with Crippen molar-refractivity contribution < 1.29 is 14.6 Å². The lowest BCUT2D eigenvalue weighted by Crippen LogP contribution is -2.51. The fourth-order valence-corrected chi connectivity index (χ4v) is 4.05. The summed E-state index contributed by atoms with van der Waals surface area (Å²) < 4.78 is 11.8. The Morgan fingerprint density at radius 3 is 2.83 bits per heavy atom. The average Bonchev–Trinajstić information content (AvgIpc) is 2.93. The summed E-state index contributed by atoms with van der Waals surface area (Å²) in [6.45, 7) is 4.28. The van der Waals surface area contributed by atoms with Crippen molar-refractivity contribution in [3.05, 3.63) is 23.8 Å². The number of nitrogens with zero attached hydrogens (tertiary/aromatic N) is 3. The van der Waals surface area contributed by atoms with Gasteiger partial charge in [-0.3, -0.25) is 4.90 Å². The highest BCUT2D eigenvalue weighted by Crippen LogP contribution is 2.43. The summed E-state index contributed by atoms with van der Waals surface area (Å²) in [4.78, 5) is 11.1. The van der Waals surface area contributed by atoms with E-state index in [1.165, 1.54) is 0 Å². The molecule has 3 atom stereocenters. The van der Waals surface area contributed by atoms with E-state index in [0.29, 0.717) is 12.6 Å². The molecule has 0 bridgehead atoms. The molecule has 0 spiro atoms. The zero-order valence-corrected chi connectivity index (χ0v) is 14.1. The summed E-state index contributed by atoms with van der Waals surface area (Å²) in [5, 5.41) is 8.98. The molecular formula is C17H27N3O3. The molecule has 1 aromatic rings. The van der Waals surface area contributed by atoms with Crippen molar-refractivity contribution in [1.29, 1.82) is 0 Å². The first kappa shape index (κ1) is 16.8. The second-order valence-corrected chi connectivity index (χ2v) is 6.63. The van der Waals surface area contributed by atoms with Crippen LogP contribution >= 0.6 is 0 Å². The summed E-state index contributed by atoms with van der Waals surface area (Å²) in [6.07, 6.45) is 8.09. The third kappa shape index (κ3) is 3.55. The Morgan fingerprint density at radius 1 is 1.35 bits per heavy atom. The van der Waals surface area contributed by atoms with Crippen LogP contribution in [0.5, 0.6) is 0 Å². The molecule has 1 saturated heterocycles. The molecule has 1 N–H and O–H groups in total. The highest BCUT2D eigenvalue weighted by Gasteiger charge is 2.51. The quantitative estimate of drug-likeness (QED) is 0.852. The molecule has 2 fully saturated rings. The Balaban J connectivity index is 1.69. The number of aromatic nitrogens is 2. The molecule has 2 aliphatic rings. The smallest absolute Gasteiger partial charge is 0.125 e. The van der Waals surface area contributed by atoms with Crippen LogP contribution in [0.1, 0.15) is 37.1 Å². The van der Waals surface area contributed by atoms with E-state index in [1.807, 2.05) is 26.4 Å².